The van der Waals surface area contributed by atoms with Crippen molar-refractivity contribution in [3.05, 3.63) is 12.2 Å². The third-order valence-corrected chi connectivity index (χ3v) is 4.95. The van der Waals surface area contributed by atoms with Crippen LogP contribution in [0, 0.1) is 11.8 Å². The van der Waals surface area contributed by atoms with Crippen LogP contribution in [-0.4, -0.2) is 28.0 Å². The van der Waals surface area contributed by atoms with Gasteiger partial charge in [0.05, 0.1) is 12.5 Å². The number of aliphatic hydroxyl groups is 1. The molecule has 0 saturated heterocycles. The third-order valence-electron chi connectivity index (χ3n) is 4.09. The lowest BCUT2D eigenvalue weighted by atomic mass is 9.93. The van der Waals surface area contributed by atoms with Gasteiger partial charge < -0.3 is 9.84 Å². The van der Waals surface area contributed by atoms with Crippen molar-refractivity contribution >= 4 is 18.6 Å². The summed E-state index contributed by atoms with van der Waals surface area (Å²) in [6.07, 6.45) is 1.45. The van der Waals surface area contributed by atoms with Crippen LogP contribution in [0.2, 0.25) is 0 Å². The van der Waals surface area contributed by atoms with Crippen LogP contribution in [0.5, 0.6) is 0 Å². The maximum absolute atomic E-state index is 12.2. The molecule has 3 atom stereocenters. The summed E-state index contributed by atoms with van der Waals surface area (Å²) < 4.78 is 5.10. The van der Waals surface area contributed by atoms with Crippen LogP contribution in [0.4, 0.5) is 0 Å². The highest BCUT2D eigenvalue weighted by Gasteiger charge is 2.31. The number of carbonyl (C=O) groups excluding carboxylic acids is 1. The van der Waals surface area contributed by atoms with Gasteiger partial charge in [0, 0.05) is 11.2 Å². The maximum Gasteiger partial charge on any atom is 0.307 e. The van der Waals surface area contributed by atoms with E-state index < -0.39 is 10.9 Å². The van der Waals surface area contributed by atoms with E-state index >= 15 is 0 Å². The SMILES string of the molecule is C=C(C)C(S)(CC)CC(=O)OC(CC(O)CC(C)C)C(C)C. The first-order valence-electron chi connectivity index (χ1n) is 8.27. The number of carbonyl (C=O) groups is 1. The predicted molar refractivity (Wildman–Crippen MR) is 96.2 cm³/mol. The van der Waals surface area contributed by atoms with Crippen LogP contribution in [0.15, 0.2) is 12.2 Å². The minimum Gasteiger partial charge on any atom is -0.462 e. The number of thiol groups is 1. The lowest BCUT2D eigenvalue weighted by Crippen LogP contribution is -2.33. The smallest absolute Gasteiger partial charge is 0.307 e. The summed E-state index contributed by atoms with van der Waals surface area (Å²) in [6.45, 7) is 16.0. The van der Waals surface area contributed by atoms with Gasteiger partial charge in [-0.1, -0.05) is 46.8 Å². The molecule has 0 aromatic heterocycles. The van der Waals surface area contributed by atoms with Crippen molar-refractivity contribution in [2.24, 2.45) is 11.8 Å². The van der Waals surface area contributed by atoms with Gasteiger partial charge in [0.2, 0.25) is 0 Å². The summed E-state index contributed by atoms with van der Waals surface area (Å²) in [6, 6.07) is 0. The third kappa shape index (κ3) is 7.68. The zero-order valence-corrected chi connectivity index (χ0v) is 16.0. The molecule has 1 N–H and O–H groups in total. The minimum atomic E-state index is -0.519. The summed E-state index contributed by atoms with van der Waals surface area (Å²) in [7, 11) is 0. The topological polar surface area (TPSA) is 46.5 Å². The van der Waals surface area contributed by atoms with Crippen molar-refractivity contribution < 1.29 is 14.6 Å². The summed E-state index contributed by atoms with van der Waals surface area (Å²) in [5, 5.41) is 10.1. The van der Waals surface area contributed by atoms with E-state index in [1.807, 2.05) is 27.7 Å². The van der Waals surface area contributed by atoms with E-state index in [2.05, 4.69) is 33.1 Å². The molecule has 0 aromatic carbocycles. The standard InChI is InChI=1S/C18H34O3S/c1-8-18(22,14(6)7)11-17(20)21-16(13(4)5)10-15(19)9-12(2)3/h12-13,15-16,19,22H,6,8-11H2,1-5,7H3. The van der Waals surface area contributed by atoms with Crippen LogP contribution in [0.1, 0.15) is 67.2 Å². The van der Waals surface area contributed by atoms with Crippen molar-refractivity contribution in [3.8, 4) is 0 Å². The molecule has 22 heavy (non-hydrogen) atoms. The van der Waals surface area contributed by atoms with Crippen molar-refractivity contribution in [2.45, 2.75) is 84.2 Å². The summed E-state index contributed by atoms with van der Waals surface area (Å²) in [5.74, 6) is 0.328. The Balaban J connectivity index is 4.69. The Morgan fingerprint density at radius 1 is 1.27 bits per heavy atom. The van der Waals surface area contributed by atoms with Crippen molar-refractivity contribution in [3.63, 3.8) is 0 Å². The van der Waals surface area contributed by atoms with Gasteiger partial charge >= 0.3 is 5.97 Å². The lowest BCUT2D eigenvalue weighted by Gasteiger charge is -2.29. The molecule has 0 bridgehead atoms. The molecule has 3 nitrogen and oxygen atoms in total. The Labute approximate surface area is 141 Å². The van der Waals surface area contributed by atoms with Crippen LogP contribution >= 0.6 is 12.6 Å². The highest BCUT2D eigenvalue weighted by Crippen LogP contribution is 2.32. The maximum atomic E-state index is 12.2. The molecular formula is C18H34O3S. The van der Waals surface area contributed by atoms with Gasteiger partial charge in [0.25, 0.3) is 0 Å². The molecule has 0 radical (unpaired) electrons. The molecule has 0 fully saturated rings. The summed E-state index contributed by atoms with van der Waals surface area (Å²) >= 11 is 4.59. The van der Waals surface area contributed by atoms with E-state index in [1.165, 1.54) is 0 Å². The van der Waals surface area contributed by atoms with Gasteiger partial charge in [-0.05, 0) is 31.6 Å². The Kier molecular flexibility index (Phi) is 9.40. The number of hydrogen-bond acceptors (Lipinski definition) is 4. The average molecular weight is 331 g/mol. The highest BCUT2D eigenvalue weighted by atomic mass is 32.1. The van der Waals surface area contributed by atoms with E-state index in [9.17, 15) is 9.90 Å². The zero-order chi connectivity index (χ0) is 17.5. The normalized spacial score (nSPS) is 17.2. The second kappa shape index (κ2) is 9.61. The first kappa shape index (κ1) is 21.5. The summed E-state index contributed by atoms with van der Waals surface area (Å²) in [4.78, 5) is 12.2. The largest absolute Gasteiger partial charge is 0.462 e. The highest BCUT2D eigenvalue weighted by molar-refractivity contribution is 7.82. The summed E-state index contributed by atoms with van der Waals surface area (Å²) in [5.41, 5.74) is 0.872. The molecule has 130 valence electrons. The molecule has 0 spiro atoms. The first-order valence-corrected chi connectivity index (χ1v) is 8.72. The van der Waals surface area contributed by atoms with Gasteiger partial charge in [0.1, 0.15) is 6.10 Å². The quantitative estimate of drug-likeness (QED) is 0.355. The second-order valence-corrected chi connectivity index (χ2v) is 7.99. The first-order chi connectivity index (χ1) is 10.0. The van der Waals surface area contributed by atoms with Crippen LogP contribution < -0.4 is 0 Å². The Bertz CT molecular complexity index is 365. The number of hydrogen-bond donors (Lipinski definition) is 2. The van der Waals surface area contributed by atoms with Crippen molar-refractivity contribution in [1.29, 1.82) is 0 Å². The number of ether oxygens (including phenoxy) is 1. The van der Waals surface area contributed by atoms with Crippen LogP contribution in [-0.2, 0) is 9.53 Å². The number of aliphatic hydroxyl groups excluding tert-OH is 1. The molecule has 0 aliphatic rings. The molecule has 4 heteroatoms. The predicted octanol–water partition coefficient (Wildman–Crippen LogP) is 4.40. The zero-order valence-electron chi connectivity index (χ0n) is 15.1. The fourth-order valence-corrected chi connectivity index (χ4v) is 2.52. The van der Waals surface area contributed by atoms with Gasteiger partial charge in [-0.2, -0.15) is 12.6 Å². The molecule has 0 aliphatic carbocycles. The van der Waals surface area contributed by atoms with Crippen molar-refractivity contribution in [1.82, 2.24) is 0 Å². The monoisotopic (exact) mass is 330 g/mol. The van der Waals surface area contributed by atoms with E-state index in [4.69, 9.17) is 4.74 Å². The van der Waals surface area contributed by atoms with Gasteiger partial charge in [-0.15, -0.1) is 0 Å². The molecular weight excluding hydrogens is 296 g/mol. The lowest BCUT2D eigenvalue weighted by molar-refractivity contribution is -0.153. The van der Waals surface area contributed by atoms with Gasteiger partial charge in [-0.3, -0.25) is 4.79 Å². The number of esters is 1. The van der Waals surface area contributed by atoms with Gasteiger partial charge in [-0.25, -0.2) is 0 Å². The molecule has 0 aromatic rings. The van der Waals surface area contributed by atoms with E-state index in [0.717, 1.165) is 18.4 Å². The fraction of sp³-hybridized carbons (Fsp3) is 0.833. The molecule has 0 amide bonds. The molecule has 0 aliphatic heterocycles. The van der Waals surface area contributed by atoms with Gasteiger partial charge in [0.15, 0.2) is 0 Å². The molecule has 0 rings (SSSR count). The van der Waals surface area contributed by atoms with E-state index in [-0.39, 0.29) is 24.4 Å². The van der Waals surface area contributed by atoms with E-state index in [1.54, 1.807) is 0 Å². The molecule has 3 unspecified atom stereocenters. The Morgan fingerprint density at radius 2 is 1.82 bits per heavy atom. The second-order valence-electron chi connectivity index (χ2n) is 7.13. The fourth-order valence-electron chi connectivity index (χ4n) is 2.39. The Morgan fingerprint density at radius 3 is 2.18 bits per heavy atom. The van der Waals surface area contributed by atoms with Crippen LogP contribution in [0.25, 0.3) is 0 Å². The number of rotatable bonds is 10. The minimum absolute atomic E-state index is 0.173. The van der Waals surface area contributed by atoms with Crippen molar-refractivity contribution in [2.75, 3.05) is 0 Å². The van der Waals surface area contributed by atoms with E-state index in [0.29, 0.717) is 12.3 Å². The molecule has 0 heterocycles. The average Bonchev–Trinajstić information content (AvgIpc) is 2.36. The molecule has 0 saturated carbocycles. The Hall–Kier alpha value is -0.480. The van der Waals surface area contributed by atoms with Crippen LogP contribution in [0.3, 0.4) is 0 Å².